The molecule has 0 radical (unpaired) electrons. The number of rotatable bonds is 3. The summed E-state index contributed by atoms with van der Waals surface area (Å²) in [5, 5.41) is 11.0. The number of hydrogen-bond donors (Lipinski definition) is 1. The lowest BCUT2D eigenvalue weighted by atomic mass is 9.86. The van der Waals surface area contributed by atoms with E-state index in [-0.39, 0.29) is 11.9 Å². The highest BCUT2D eigenvalue weighted by Crippen LogP contribution is 2.28. The van der Waals surface area contributed by atoms with Crippen LogP contribution < -0.4 is 0 Å². The van der Waals surface area contributed by atoms with Gasteiger partial charge >= 0.3 is 0 Å². The lowest BCUT2D eigenvalue weighted by Crippen LogP contribution is -2.39. The molecule has 2 aliphatic carbocycles. The van der Waals surface area contributed by atoms with Crippen molar-refractivity contribution in [3.05, 3.63) is 0 Å². The van der Waals surface area contributed by atoms with Crippen LogP contribution in [-0.2, 0) is 4.79 Å². The fourth-order valence-electron chi connectivity index (χ4n) is 3.26. The van der Waals surface area contributed by atoms with E-state index in [1.165, 1.54) is 38.5 Å². The molecule has 1 amide bonds. The summed E-state index contributed by atoms with van der Waals surface area (Å²) in [6, 6.07) is 0.0971. The third-order valence-electron chi connectivity index (χ3n) is 4.36. The van der Waals surface area contributed by atoms with Crippen molar-refractivity contribution in [1.29, 1.82) is 0 Å². The zero-order chi connectivity index (χ0) is 12.1. The Hall–Kier alpha value is -0.570. The maximum atomic E-state index is 12.0. The average Bonchev–Trinajstić information content (AvgIpc) is 2.40. The molecule has 2 fully saturated rings. The van der Waals surface area contributed by atoms with Crippen LogP contribution in [-0.4, -0.2) is 22.2 Å². The monoisotopic (exact) mass is 239 g/mol. The molecule has 0 aromatic carbocycles. The highest BCUT2D eigenvalue weighted by molar-refractivity contribution is 5.75. The van der Waals surface area contributed by atoms with E-state index in [0.29, 0.717) is 12.3 Å². The number of carbonyl (C=O) groups excluding carboxylic acids is 1. The maximum absolute atomic E-state index is 12.0. The van der Waals surface area contributed by atoms with Gasteiger partial charge in [-0.05, 0) is 31.6 Å². The van der Waals surface area contributed by atoms with Gasteiger partial charge in [0.05, 0.1) is 6.04 Å². The van der Waals surface area contributed by atoms with Gasteiger partial charge in [-0.15, -0.1) is 0 Å². The molecule has 2 saturated carbocycles. The fraction of sp³-hybridized carbons (Fsp3) is 0.929. The highest BCUT2D eigenvalue weighted by Gasteiger charge is 2.26. The highest BCUT2D eigenvalue weighted by atomic mass is 16.5. The quantitative estimate of drug-likeness (QED) is 0.605. The summed E-state index contributed by atoms with van der Waals surface area (Å²) in [6.45, 7) is 0. The molecule has 17 heavy (non-hydrogen) atoms. The molecule has 0 saturated heterocycles. The normalized spacial score (nSPS) is 23.6. The molecule has 0 unspecified atom stereocenters. The van der Waals surface area contributed by atoms with Crippen LogP contribution in [0, 0.1) is 5.92 Å². The number of nitrogens with zero attached hydrogens (tertiary/aromatic N) is 1. The van der Waals surface area contributed by atoms with E-state index >= 15 is 0 Å². The maximum Gasteiger partial charge on any atom is 0.246 e. The summed E-state index contributed by atoms with van der Waals surface area (Å²) >= 11 is 0. The Labute approximate surface area is 104 Å². The number of amides is 1. The van der Waals surface area contributed by atoms with E-state index in [4.69, 9.17) is 0 Å². The van der Waals surface area contributed by atoms with Gasteiger partial charge in [-0.25, -0.2) is 5.06 Å². The summed E-state index contributed by atoms with van der Waals surface area (Å²) in [6.07, 6.45) is 12.2. The molecule has 2 aliphatic rings. The lowest BCUT2D eigenvalue weighted by Gasteiger charge is -2.30. The van der Waals surface area contributed by atoms with Crippen molar-refractivity contribution in [3.63, 3.8) is 0 Å². The number of hydrogen-bond acceptors (Lipinski definition) is 2. The third-order valence-corrected chi connectivity index (χ3v) is 4.36. The van der Waals surface area contributed by atoms with Crippen LogP contribution in [0.15, 0.2) is 0 Å². The zero-order valence-electron chi connectivity index (χ0n) is 10.7. The lowest BCUT2D eigenvalue weighted by molar-refractivity contribution is -0.179. The molecule has 0 spiro atoms. The SMILES string of the molecule is O=C(CC1CCCCC1)N(O)C1CCCCC1. The van der Waals surface area contributed by atoms with E-state index in [1.54, 1.807) is 0 Å². The van der Waals surface area contributed by atoms with Crippen LogP contribution >= 0.6 is 0 Å². The van der Waals surface area contributed by atoms with Gasteiger partial charge in [0, 0.05) is 6.42 Å². The largest absolute Gasteiger partial charge is 0.286 e. The van der Waals surface area contributed by atoms with Gasteiger partial charge in [-0.1, -0.05) is 38.5 Å². The van der Waals surface area contributed by atoms with Gasteiger partial charge in [0.15, 0.2) is 0 Å². The van der Waals surface area contributed by atoms with E-state index < -0.39 is 0 Å². The molecule has 2 rings (SSSR count). The van der Waals surface area contributed by atoms with Crippen molar-refractivity contribution < 1.29 is 10.0 Å². The molecule has 0 heterocycles. The van der Waals surface area contributed by atoms with Crippen molar-refractivity contribution in [2.45, 2.75) is 76.7 Å². The van der Waals surface area contributed by atoms with Crippen LogP contribution in [0.2, 0.25) is 0 Å². The minimum atomic E-state index is -0.0381. The van der Waals surface area contributed by atoms with Gasteiger partial charge < -0.3 is 0 Å². The first kappa shape index (κ1) is 12.9. The van der Waals surface area contributed by atoms with Crippen LogP contribution in [0.25, 0.3) is 0 Å². The molecular formula is C14H25NO2. The Morgan fingerprint density at radius 3 is 2.06 bits per heavy atom. The average molecular weight is 239 g/mol. The van der Waals surface area contributed by atoms with Crippen molar-refractivity contribution >= 4 is 5.91 Å². The second-order valence-electron chi connectivity index (χ2n) is 5.74. The molecule has 3 nitrogen and oxygen atoms in total. The van der Waals surface area contributed by atoms with Crippen LogP contribution in [0.5, 0.6) is 0 Å². The van der Waals surface area contributed by atoms with E-state index in [0.717, 1.165) is 30.7 Å². The van der Waals surface area contributed by atoms with Crippen molar-refractivity contribution in [3.8, 4) is 0 Å². The second kappa shape index (κ2) is 6.39. The molecular weight excluding hydrogens is 214 g/mol. The molecule has 98 valence electrons. The van der Waals surface area contributed by atoms with Gasteiger partial charge in [-0.2, -0.15) is 0 Å². The summed E-state index contributed by atoms with van der Waals surface area (Å²) in [5.74, 6) is 0.485. The molecule has 0 bridgehead atoms. The van der Waals surface area contributed by atoms with E-state index in [9.17, 15) is 10.0 Å². The standard InChI is InChI=1S/C14H25NO2/c16-14(11-12-7-3-1-4-8-12)15(17)13-9-5-2-6-10-13/h12-13,17H,1-11H2. The fourth-order valence-corrected chi connectivity index (χ4v) is 3.26. The molecule has 1 N–H and O–H groups in total. The summed E-state index contributed by atoms with van der Waals surface area (Å²) in [5.41, 5.74) is 0. The van der Waals surface area contributed by atoms with Gasteiger partial charge in [0.2, 0.25) is 5.91 Å². The van der Waals surface area contributed by atoms with Crippen molar-refractivity contribution in [2.75, 3.05) is 0 Å². The first-order chi connectivity index (χ1) is 8.27. The molecule has 0 aromatic rings. The first-order valence-corrected chi connectivity index (χ1v) is 7.28. The van der Waals surface area contributed by atoms with Gasteiger partial charge in [-0.3, -0.25) is 10.0 Å². The summed E-state index contributed by atoms with van der Waals surface area (Å²) in [7, 11) is 0. The molecule has 0 aliphatic heterocycles. The zero-order valence-corrected chi connectivity index (χ0v) is 10.7. The number of hydroxylamine groups is 2. The molecule has 3 heteroatoms. The van der Waals surface area contributed by atoms with Gasteiger partial charge in [0.1, 0.15) is 0 Å². The minimum absolute atomic E-state index is 0.0381. The predicted molar refractivity (Wildman–Crippen MR) is 66.7 cm³/mol. The molecule has 0 atom stereocenters. The van der Waals surface area contributed by atoms with Crippen LogP contribution in [0.1, 0.15) is 70.6 Å². The molecule has 0 aromatic heterocycles. The topological polar surface area (TPSA) is 40.5 Å². The second-order valence-corrected chi connectivity index (χ2v) is 5.74. The minimum Gasteiger partial charge on any atom is -0.286 e. The summed E-state index contributed by atoms with van der Waals surface area (Å²) in [4.78, 5) is 12.0. The Balaban J connectivity index is 1.77. The van der Waals surface area contributed by atoms with Crippen molar-refractivity contribution in [1.82, 2.24) is 5.06 Å². The van der Waals surface area contributed by atoms with E-state index in [1.807, 2.05) is 0 Å². The predicted octanol–water partition coefficient (Wildman–Crippen LogP) is 3.51. The number of carbonyl (C=O) groups is 1. The first-order valence-electron chi connectivity index (χ1n) is 7.28. The van der Waals surface area contributed by atoms with Gasteiger partial charge in [0.25, 0.3) is 0 Å². The van der Waals surface area contributed by atoms with Crippen LogP contribution in [0.3, 0.4) is 0 Å². The Bertz CT molecular complexity index is 243. The summed E-state index contributed by atoms with van der Waals surface area (Å²) < 4.78 is 0. The Morgan fingerprint density at radius 2 is 1.47 bits per heavy atom. The van der Waals surface area contributed by atoms with Crippen LogP contribution in [0.4, 0.5) is 0 Å². The van der Waals surface area contributed by atoms with E-state index in [2.05, 4.69) is 0 Å². The third kappa shape index (κ3) is 3.70. The smallest absolute Gasteiger partial charge is 0.246 e. The Morgan fingerprint density at radius 1 is 0.941 bits per heavy atom. The Kier molecular flexibility index (Phi) is 4.84. The van der Waals surface area contributed by atoms with Crippen molar-refractivity contribution in [2.24, 2.45) is 5.92 Å².